The molecule has 3 rings (SSSR count). The highest BCUT2D eigenvalue weighted by atomic mass is 32.2. The zero-order valence-electron chi connectivity index (χ0n) is 20.7. The Morgan fingerprint density at radius 3 is 1.14 bits per heavy atom. The lowest BCUT2D eigenvalue weighted by Crippen LogP contribution is -2.35. The van der Waals surface area contributed by atoms with Crippen LogP contribution in [0.5, 0.6) is 0 Å². The van der Waals surface area contributed by atoms with Crippen LogP contribution in [-0.4, -0.2) is 104 Å². The smallest absolute Gasteiger partial charge is 0.233 e. The molecular weight excluding hydrogens is 573 g/mol. The molecule has 204 valence electrons. The van der Waals surface area contributed by atoms with Crippen molar-refractivity contribution in [2.24, 2.45) is 23.7 Å². The summed E-state index contributed by atoms with van der Waals surface area (Å²) in [5.74, 6) is 7.74. The number of hydrogen-bond acceptors (Lipinski definition) is 10. The summed E-state index contributed by atoms with van der Waals surface area (Å²) in [6.45, 7) is 0.880. The molecule has 6 nitrogen and oxygen atoms in total. The van der Waals surface area contributed by atoms with Crippen LogP contribution in [0, 0.1) is 23.7 Å². The predicted molar refractivity (Wildman–Crippen MR) is 163 cm³/mol. The highest BCUT2D eigenvalue weighted by Gasteiger charge is 2.59. The summed E-state index contributed by atoms with van der Waals surface area (Å²) >= 11 is 15.9. The molecule has 2 aliphatic heterocycles. The van der Waals surface area contributed by atoms with Crippen LogP contribution >= 0.6 is 72.3 Å². The Hall–Kier alpha value is 0.380. The number of amides is 4. The lowest BCUT2D eigenvalue weighted by atomic mass is 9.70. The number of rotatable bonds is 18. The van der Waals surface area contributed by atoms with Gasteiger partial charge in [0.1, 0.15) is 0 Å². The Morgan fingerprint density at radius 1 is 0.528 bits per heavy atom. The zero-order valence-corrected chi connectivity index (χ0v) is 25.7. The van der Waals surface area contributed by atoms with Crippen LogP contribution in [0.4, 0.5) is 0 Å². The van der Waals surface area contributed by atoms with Crippen LogP contribution in [0.1, 0.15) is 25.7 Å². The van der Waals surface area contributed by atoms with Gasteiger partial charge in [0, 0.05) is 47.6 Å². The minimum Gasteiger partial charge on any atom is -0.282 e. The molecule has 2 heterocycles. The van der Waals surface area contributed by atoms with Crippen LogP contribution in [0.2, 0.25) is 0 Å². The number of hydrogen-bond donors (Lipinski definition) is 2. The molecule has 3 fully saturated rings. The van der Waals surface area contributed by atoms with Gasteiger partial charge < -0.3 is 0 Å². The number of thiol groups is 2. The first-order valence-corrected chi connectivity index (χ1v) is 18.6. The first-order valence-electron chi connectivity index (χ1n) is 12.7. The van der Waals surface area contributed by atoms with Gasteiger partial charge in [0.05, 0.1) is 23.7 Å². The van der Waals surface area contributed by atoms with E-state index in [0.29, 0.717) is 25.9 Å². The Balaban J connectivity index is 1.41. The molecule has 0 aromatic rings. The number of likely N-dealkylation sites (tertiary alicyclic amines) is 2. The maximum absolute atomic E-state index is 13.1. The van der Waals surface area contributed by atoms with Crippen LogP contribution in [0.3, 0.4) is 0 Å². The quantitative estimate of drug-likeness (QED) is 0.139. The van der Waals surface area contributed by atoms with Crippen molar-refractivity contribution in [3.8, 4) is 0 Å². The molecule has 36 heavy (non-hydrogen) atoms. The predicted octanol–water partition coefficient (Wildman–Crippen LogP) is 3.56. The third-order valence-corrected chi connectivity index (χ3v) is 12.6. The van der Waals surface area contributed by atoms with Crippen molar-refractivity contribution in [1.82, 2.24) is 9.80 Å². The molecule has 1 saturated carbocycles. The third kappa shape index (κ3) is 8.19. The maximum atomic E-state index is 13.1. The lowest BCUT2D eigenvalue weighted by molar-refractivity contribution is -0.140. The topological polar surface area (TPSA) is 74.8 Å². The van der Waals surface area contributed by atoms with Crippen LogP contribution in [0.15, 0.2) is 0 Å². The second-order valence-electron chi connectivity index (χ2n) is 9.16. The van der Waals surface area contributed by atoms with Crippen molar-refractivity contribution in [2.45, 2.75) is 25.7 Å². The van der Waals surface area contributed by atoms with Gasteiger partial charge in [-0.25, -0.2) is 0 Å². The van der Waals surface area contributed by atoms with Gasteiger partial charge in [-0.1, -0.05) is 0 Å². The SMILES string of the molecule is O=C1C2CC3C(=O)N(CCCSCCSCCS)C(=O)C3CC2C(=O)N1CCCSCCSCCS. The number of fused-ring (bicyclic) bond motifs is 2. The van der Waals surface area contributed by atoms with E-state index in [1.807, 2.05) is 47.0 Å². The van der Waals surface area contributed by atoms with Gasteiger partial charge in [-0.05, 0) is 48.7 Å². The largest absolute Gasteiger partial charge is 0.282 e. The minimum atomic E-state index is -0.439. The van der Waals surface area contributed by atoms with E-state index < -0.39 is 23.7 Å². The summed E-state index contributed by atoms with van der Waals surface area (Å²) in [5.41, 5.74) is 0. The molecule has 0 aromatic carbocycles. The molecule has 3 aliphatic rings. The highest BCUT2D eigenvalue weighted by Crippen LogP contribution is 2.47. The molecular formula is C24H38N2O4S6. The molecule has 0 spiro atoms. The van der Waals surface area contributed by atoms with E-state index in [0.717, 1.165) is 70.4 Å². The fourth-order valence-corrected chi connectivity index (χ4v) is 9.58. The number of carbonyl (C=O) groups is 4. The monoisotopic (exact) mass is 610 g/mol. The average Bonchev–Trinajstić information content (AvgIpc) is 3.25. The van der Waals surface area contributed by atoms with Gasteiger partial charge in [0.15, 0.2) is 0 Å². The number of carbonyl (C=O) groups excluding carboxylic acids is 4. The van der Waals surface area contributed by atoms with Crippen molar-refractivity contribution >= 4 is 95.9 Å². The lowest BCUT2D eigenvalue weighted by Gasteiger charge is -2.28. The molecule has 4 atom stereocenters. The van der Waals surface area contributed by atoms with Crippen molar-refractivity contribution in [3.63, 3.8) is 0 Å². The summed E-state index contributed by atoms with van der Waals surface area (Å²) in [7, 11) is 0. The normalized spacial score (nSPS) is 25.7. The Kier molecular flexibility index (Phi) is 14.1. The van der Waals surface area contributed by atoms with E-state index in [1.165, 1.54) is 9.80 Å². The summed E-state index contributed by atoms with van der Waals surface area (Å²) in [4.78, 5) is 55.0. The summed E-state index contributed by atoms with van der Waals surface area (Å²) in [6, 6.07) is 0. The van der Waals surface area contributed by atoms with Gasteiger partial charge in [-0.2, -0.15) is 72.3 Å². The molecule has 0 N–H and O–H groups in total. The second kappa shape index (κ2) is 16.5. The Labute approximate surface area is 243 Å². The molecule has 2 saturated heterocycles. The molecule has 4 amide bonds. The molecule has 0 bridgehead atoms. The zero-order chi connectivity index (χ0) is 25.9. The van der Waals surface area contributed by atoms with E-state index in [2.05, 4.69) is 25.3 Å². The van der Waals surface area contributed by atoms with Crippen molar-refractivity contribution in [1.29, 1.82) is 0 Å². The Morgan fingerprint density at radius 2 is 0.833 bits per heavy atom. The van der Waals surface area contributed by atoms with E-state index in [1.54, 1.807) is 0 Å². The first-order chi connectivity index (χ1) is 17.5. The molecule has 0 aromatic heterocycles. The van der Waals surface area contributed by atoms with Gasteiger partial charge in [-0.15, -0.1) is 0 Å². The van der Waals surface area contributed by atoms with E-state index in [9.17, 15) is 19.2 Å². The number of imide groups is 2. The van der Waals surface area contributed by atoms with E-state index in [-0.39, 0.29) is 23.6 Å². The first kappa shape index (κ1) is 30.9. The molecule has 12 heteroatoms. The average molecular weight is 611 g/mol. The standard InChI is InChI=1S/C24H38N2O4S6/c27-21-17-15-19-20(24(30)26(23(19)29)4-2-8-34-12-14-36-10-6-32)16-18(17)22(28)25(21)3-1-7-33-11-13-35-9-5-31/h17-20,31-32H,1-16H2. The van der Waals surface area contributed by atoms with Gasteiger partial charge in [0.25, 0.3) is 0 Å². The minimum absolute atomic E-state index is 0.135. The van der Waals surface area contributed by atoms with Crippen molar-refractivity contribution in [3.05, 3.63) is 0 Å². The number of nitrogens with zero attached hydrogens (tertiary/aromatic N) is 2. The molecule has 1 aliphatic carbocycles. The Bertz CT molecular complexity index is 671. The number of thioether (sulfide) groups is 4. The van der Waals surface area contributed by atoms with Crippen molar-refractivity contribution < 1.29 is 19.2 Å². The van der Waals surface area contributed by atoms with Crippen molar-refractivity contribution in [2.75, 3.05) is 70.6 Å². The van der Waals surface area contributed by atoms with Gasteiger partial charge in [0.2, 0.25) is 23.6 Å². The summed E-state index contributed by atoms with van der Waals surface area (Å²) in [5, 5.41) is 0. The second-order valence-corrected chi connectivity index (χ2v) is 15.0. The summed E-state index contributed by atoms with van der Waals surface area (Å²) in [6.07, 6.45) is 2.24. The van der Waals surface area contributed by atoms with E-state index >= 15 is 0 Å². The summed E-state index contributed by atoms with van der Waals surface area (Å²) < 4.78 is 0. The highest BCUT2D eigenvalue weighted by molar-refractivity contribution is 8.03. The van der Waals surface area contributed by atoms with E-state index in [4.69, 9.17) is 0 Å². The van der Waals surface area contributed by atoms with Gasteiger partial charge >= 0.3 is 0 Å². The van der Waals surface area contributed by atoms with Crippen LogP contribution in [0.25, 0.3) is 0 Å². The third-order valence-electron chi connectivity index (χ3n) is 6.88. The molecule has 0 radical (unpaired) electrons. The maximum Gasteiger partial charge on any atom is 0.233 e. The van der Waals surface area contributed by atoms with Crippen LogP contribution < -0.4 is 0 Å². The molecule has 4 unspecified atom stereocenters. The van der Waals surface area contributed by atoms with Crippen LogP contribution in [-0.2, 0) is 19.2 Å². The fraction of sp³-hybridized carbons (Fsp3) is 0.833. The van der Waals surface area contributed by atoms with Gasteiger partial charge in [-0.3, -0.25) is 29.0 Å². The fourth-order valence-electron chi connectivity index (χ4n) is 5.18.